The number of nitrogens with one attached hydrogen (secondary N) is 1. The molecule has 2 heterocycles. The molecule has 0 atom stereocenters. The molecule has 7 heteroatoms. The van der Waals surface area contributed by atoms with E-state index >= 15 is 0 Å². The van der Waals surface area contributed by atoms with Crippen molar-refractivity contribution < 1.29 is 14.3 Å². The predicted octanol–water partition coefficient (Wildman–Crippen LogP) is 3.97. The highest BCUT2D eigenvalue weighted by molar-refractivity contribution is 7.22. The van der Waals surface area contributed by atoms with Crippen molar-refractivity contribution in [1.29, 1.82) is 0 Å². The Kier molecular flexibility index (Phi) is 3.55. The molecular formula is C16H11ClN2O3S. The number of anilines is 1. The molecule has 1 N–H and O–H groups in total. The largest absolute Gasteiger partial charge is 0.486 e. The average Bonchev–Trinajstić information content (AvgIpc) is 2.95. The molecule has 0 bridgehead atoms. The summed E-state index contributed by atoms with van der Waals surface area (Å²) in [4.78, 5) is 16.8. The van der Waals surface area contributed by atoms with Crippen molar-refractivity contribution in [3.63, 3.8) is 0 Å². The molecule has 0 saturated heterocycles. The molecule has 0 saturated carbocycles. The van der Waals surface area contributed by atoms with Crippen molar-refractivity contribution in [1.82, 2.24) is 4.98 Å². The quantitative estimate of drug-likeness (QED) is 0.762. The first kappa shape index (κ1) is 14.3. The Balaban J connectivity index is 1.58. The molecule has 116 valence electrons. The fourth-order valence-corrected chi connectivity index (χ4v) is 3.44. The molecule has 0 fully saturated rings. The number of rotatable bonds is 2. The Morgan fingerprint density at radius 2 is 1.96 bits per heavy atom. The summed E-state index contributed by atoms with van der Waals surface area (Å²) < 4.78 is 11.9. The van der Waals surface area contributed by atoms with E-state index in [0.29, 0.717) is 40.4 Å². The number of benzene rings is 2. The van der Waals surface area contributed by atoms with Crippen LogP contribution in [0.5, 0.6) is 11.5 Å². The topological polar surface area (TPSA) is 60.5 Å². The van der Waals surface area contributed by atoms with Gasteiger partial charge in [-0.3, -0.25) is 10.1 Å². The Labute approximate surface area is 140 Å². The van der Waals surface area contributed by atoms with Crippen LogP contribution in [-0.2, 0) is 0 Å². The highest BCUT2D eigenvalue weighted by atomic mass is 35.5. The van der Waals surface area contributed by atoms with Crippen LogP contribution >= 0.6 is 22.9 Å². The van der Waals surface area contributed by atoms with Gasteiger partial charge in [0.25, 0.3) is 5.91 Å². The maximum atomic E-state index is 12.4. The molecule has 23 heavy (non-hydrogen) atoms. The zero-order chi connectivity index (χ0) is 15.8. The molecule has 4 rings (SSSR count). The number of hydrogen-bond acceptors (Lipinski definition) is 5. The van der Waals surface area contributed by atoms with E-state index in [1.54, 1.807) is 24.3 Å². The van der Waals surface area contributed by atoms with Crippen molar-refractivity contribution in [3.8, 4) is 11.5 Å². The first-order chi connectivity index (χ1) is 11.2. The number of carbonyl (C=O) groups excluding carboxylic acids is 1. The molecule has 0 spiro atoms. The monoisotopic (exact) mass is 346 g/mol. The summed E-state index contributed by atoms with van der Waals surface area (Å²) >= 11 is 7.34. The Morgan fingerprint density at radius 1 is 1.13 bits per heavy atom. The van der Waals surface area contributed by atoms with Gasteiger partial charge in [0.15, 0.2) is 16.6 Å². The van der Waals surface area contributed by atoms with Gasteiger partial charge in [-0.2, -0.15) is 0 Å². The summed E-state index contributed by atoms with van der Waals surface area (Å²) in [6.45, 7) is 1.00. The van der Waals surface area contributed by atoms with E-state index in [1.807, 2.05) is 12.1 Å². The van der Waals surface area contributed by atoms with Crippen molar-refractivity contribution in [2.45, 2.75) is 0 Å². The minimum Gasteiger partial charge on any atom is -0.486 e. The first-order valence-corrected chi connectivity index (χ1v) is 8.15. The second-order valence-corrected chi connectivity index (χ2v) is 6.41. The van der Waals surface area contributed by atoms with E-state index in [1.165, 1.54) is 11.3 Å². The van der Waals surface area contributed by atoms with Crippen LogP contribution in [0.3, 0.4) is 0 Å². The lowest BCUT2D eigenvalue weighted by Crippen LogP contribution is -2.17. The number of thiazole rings is 1. The van der Waals surface area contributed by atoms with Crippen molar-refractivity contribution >= 4 is 44.2 Å². The van der Waals surface area contributed by atoms with Gasteiger partial charge in [0.05, 0.1) is 10.2 Å². The first-order valence-electron chi connectivity index (χ1n) is 6.96. The number of carbonyl (C=O) groups is 1. The number of hydrogen-bond donors (Lipinski definition) is 1. The van der Waals surface area contributed by atoms with Crippen LogP contribution < -0.4 is 14.8 Å². The van der Waals surface area contributed by atoms with Gasteiger partial charge < -0.3 is 9.47 Å². The number of nitrogens with zero attached hydrogens (tertiary/aromatic N) is 1. The molecule has 0 radical (unpaired) electrons. The standard InChI is InChI=1S/C16H11ClN2O3S/c17-10-2-3-11-14(8-10)23-16(18-11)19-15(20)9-1-4-12-13(7-9)22-6-5-21-12/h1-4,7-8H,5-6H2,(H,18,19,20). The van der Waals surface area contributed by atoms with Gasteiger partial charge >= 0.3 is 0 Å². The summed E-state index contributed by atoms with van der Waals surface area (Å²) in [5.74, 6) is 0.995. The fourth-order valence-electron chi connectivity index (χ4n) is 2.31. The molecule has 1 aliphatic rings. The summed E-state index contributed by atoms with van der Waals surface area (Å²) in [5, 5.41) is 3.98. The van der Waals surface area contributed by atoms with E-state index in [-0.39, 0.29) is 5.91 Å². The number of ether oxygens (including phenoxy) is 2. The highest BCUT2D eigenvalue weighted by Crippen LogP contribution is 2.32. The maximum absolute atomic E-state index is 12.4. The second kappa shape index (κ2) is 5.72. The summed E-state index contributed by atoms with van der Waals surface area (Å²) in [7, 11) is 0. The minimum absolute atomic E-state index is 0.243. The van der Waals surface area contributed by atoms with Crippen LogP contribution in [0.1, 0.15) is 10.4 Å². The van der Waals surface area contributed by atoms with Gasteiger partial charge in [0.1, 0.15) is 13.2 Å². The summed E-state index contributed by atoms with van der Waals surface area (Å²) in [6, 6.07) is 10.5. The summed E-state index contributed by atoms with van der Waals surface area (Å²) in [6.07, 6.45) is 0. The number of aromatic nitrogens is 1. The van der Waals surface area contributed by atoms with Crippen molar-refractivity contribution in [2.75, 3.05) is 18.5 Å². The predicted molar refractivity (Wildman–Crippen MR) is 90.0 cm³/mol. The van der Waals surface area contributed by atoms with E-state index in [4.69, 9.17) is 21.1 Å². The minimum atomic E-state index is -0.243. The van der Waals surface area contributed by atoms with Crippen molar-refractivity contribution in [2.24, 2.45) is 0 Å². The molecule has 5 nitrogen and oxygen atoms in total. The van der Waals surface area contributed by atoms with Crippen LogP contribution in [0.2, 0.25) is 5.02 Å². The molecule has 0 unspecified atom stereocenters. The van der Waals surface area contributed by atoms with Crippen LogP contribution in [0.15, 0.2) is 36.4 Å². The second-order valence-electron chi connectivity index (χ2n) is 4.94. The molecule has 2 aromatic carbocycles. The fraction of sp³-hybridized carbons (Fsp3) is 0.125. The molecule has 1 aliphatic heterocycles. The SMILES string of the molecule is O=C(Nc1nc2ccc(Cl)cc2s1)c1ccc2c(c1)OCCO2. The zero-order valence-electron chi connectivity index (χ0n) is 11.8. The van der Waals surface area contributed by atoms with Gasteiger partial charge in [-0.25, -0.2) is 4.98 Å². The third kappa shape index (κ3) is 2.83. The third-order valence-corrected chi connectivity index (χ3v) is 4.54. The number of fused-ring (bicyclic) bond motifs is 2. The number of halogens is 1. The van der Waals surface area contributed by atoms with Gasteiger partial charge in [0, 0.05) is 10.6 Å². The Morgan fingerprint density at radius 3 is 2.83 bits per heavy atom. The van der Waals surface area contributed by atoms with Gasteiger partial charge in [0.2, 0.25) is 0 Å². The molecule has 1 aromatic heterocycles. The number of amides is 1. The van der Waals surface area contributed by atoms with Crippen molar-refractivity contribution in [3.05, 3.63) is 47.0 Å². The Bertz CT molecular complexity index is 909. The van der Waals surface area contributed by atoms with Gasteiger partial charge in [-0.1, -0.05) is 22.9 Å². The van der Waals surface area contributed by atoms with E-state index in [9.17, 15) is 4.79 Å². The third-order valence-electron chi connectivity index (χ3n) is 3.38. The van der Waals surface area contributed by atoms with Crippen LogP contribution in [0.4, 0.5) is 5.13 Å². The lowest BCUT2D eigenvalue weighted by Gasteiger charge is -2.18. The highest BCUT2D eigenvalue weighted by Gasteiger charge is 2.16. The van der Waals surface area contributed by atoms with Gasteiger partial charge in [-0.05, 0) is 36.4 Å². The van der Waals surface area contributed by atoms with E-state index in [0.717, 1.165) is 10.2 Å². The van der Waals surface area contributed by atoms with E-state index < -0.39 is 0 Å². The zero-order valence-corrected chi connectivity index (χ0v) is 13.4. The average molecular weight is 347 g/mol. The molecule has 3 aromatic rings. The molecule has 0 aliphatic carbocycles. The normalized spacial score (nSPS) is 13.1. The van der Waals surface area contributed by atoms with E-state index in [2.05, 4.69) is 10.3 Å². The Hall–Kier alpha value is -2.31. The van der Waals surface area contributed by atoms with Gasteiger partial charge in [-0.15, -0.1) is 0 Å². The van der Waals surface area contributed by atoms with Crippen LogP contribution in [0.25, 0.3) is 10.2 Å². The van der Waals surface area contributed by atoms with Crippen LogP contribution in [-0.4, -0.2) is 24.1 Å². The molecule has 1 amide bonds. The van der Waals surface area contributed by atoms with Crippen LogP contribution in [0, 0.1) is 0 Å². The smallest absolute Gasteiger partial charge is 0.257 e. The maximum Gasteiger partial charge on any atom is 0.257 e. The summed E-state index contributed by atoms with van der Waals surface area (Å²) in [5.41, 5.74) is 1.29. The lowest BCUT2D eigenvalue weighted by atomic mass is 10.2. The molecular weight excluding hydrogens is 336 g/mol. The lowest BCUT2D eigenvalue weighted by molar-refractivity contribution is 0.102.